The Morgan fingerprint density at radius 1 is 1.17 bits per heavy atom. The van der Waals surface area contributed by atoms with Crippen LogP contribution in [-0.4, -0.2) is 10.9 Å². The number of nitrogens with zero attached hydrogens (tertiary/aromatic N) is 1. The Hall–Kier alpha value is -2.66. The van der Waals surface area contributed by atoms with E-state index in [4.69, 9.17) is 4.74 Å². The van der Waals surface area contributed by atoms with Crippen LogP contribution in [0.3, 0.4) is 0 Å². The zero-order chi connectivity index (χ0) is 16.1. The van der Waals surface area contributed by atoms with E-state index in [0.717, 1.165) is 5.56 Å². The van der Waals surface area contributed by atoms with E-state index in [2.05, 4.69) is 10.3 Å². The first-order valence-corrected chi connectivity index (χ1v) is 8.09. The summed E-state index contributed by atoms with van der Waals surface area (Å²) in [6.07, 6.45) is 1.63. The topological polar surface area (TPSA) is 51.2 Å². The Morgan fingerprint density at radius 3 is 2.83 bits per heavy atom. The minimum atomic E-state index is -0.181. The number of nitrogens with one attached hydrogen (secondary N) is 1. The molecule has 2 heterocycles. The first kappa shape index (κ1) is 15.2. The molecule has 0 saturated carbocycles. The third-order valence-corrected chi connectivity index (χ3v) is 4.26. The zero-order valence-corrected chi connectivity index (χ0v) is 13.5. The van der Waals surface area contributed by atoms with E-state index >= 15 is 0 Å². The number of aryl methyl sites for hydroxylation is 1. The third-order valence-electron chi connectivity index (χ3n) is 3.39. The summed E-state index contributed by atoms with van der Waals surface area (Å²) >= 11 is 1.39. The fraction of sp³-hybridized carbons (Fsp3) is 0.111. The largest absolute Gasteiger partial charge is 0.485 e. The maximum absolute atomic E-state index is 12.2. The number of aromatic nitrogens is 1. The normalized spacial score (nSPS) is 10.3. The van der Waals surface area contributed by atoms with Crippen molar-refractivity contribution in [3.05, 3.63) is 76.1 Å². The van der Waals surface area contributed by atoms with Crippen LogP contribution in [0.1, 0.15) is 20.8 Å². The van der Waals surface area contributed by atoms with E-state index in [0.29, 0.717) is 23.1 Å². The van der Waals surface area contributed by atoms with E-state index in [1.54, 1.807) is 24.4 Å². The van der Waals surface area contributed by atoms with Crippen molar-refractivity contribution in [2.75, 3.05) is 5.32 Å². The first-order chi connectivity index (χ1) is 11.2. The number of rotatable bonds is 5. The van der Waals surface area contributed by atoms with Crippen LogP contribution >= 0.6 is 11.3 Å². The van der Waals surface area contributed by atoms with Crippen molar-refractivity contribution in [2.24, 2.45) is 0 Å². The van der Waals surface area contributed by atoms with Crippen LogP contribution in [0, 0.1) is 6.92 Å². The van der Waals surface area contributed by atoms with E-state index in [1.807, 2.05) is 42.6 Å². The van der Waals surface area contributed by atoms with Gasteiger partial charge in [0.25, 0.3) is 5.91 Å². The van der Waals surface area contributed by atoms with Crippen molar-refractivity contribution in [3.63, 3.8) is 0 Å². The number of ether oxygens (including phenoxy) is 1. The highest BCUT2D eigenvalue weighted by Crippen LogP contribution is 2.24. The number of hydrogen-bond acceptors (Lipinski definition) is 4. The Labute approximate surface area is 138 Å². The molecule has 23 heavy (non-hydrogen) atoms. The van der Waals surface area contributed by atoms with Crippen LogP contribution in [0.5, 0.6) is 5.75 Å². The molecular formula is C18H16N2O2S. The molecule has 0 saturated heterocycles. The lowest BCUT2D eigenvalue weighted by Gasteiger charge is -2.12. The predicted molar refractivity (Wildman–Crippen MR) is 92.0 cm³/mol. The highest BCUT2D eigenvalue weighted by Gasteiger charge is 2.12. The molecule has 2 aromatic heterocycles. The van der Waals surface area contributed by atoms with Crippen molar-refractivity contribution in [1.29, 1.82) is 0 Å². The molecule has 0 aliphatic rings. The van der Waals surface area contributed by atoms with Gasteiger partial charge in [-0.2, -0.15) is 0 Å². The van der Waals surface area contributed by atoms with E-state index in [-0.39, 0.29) is 5.91 Å². The second-order valence-electron chi connectivity index (χ2n) is 5.00. The van der Waals surface area contributed by atoms with Crippen LogP contribution in [0.15, 0.2) is 60.1 Å². The number of amides is 1. The molecule has 0 fully saturated rings. The van der Waals surface area contributed by atoms with Gasteiger partial charge in [0.15, 0.2) is 11.6 Å². The summed E-state index contributed by atoms with van der Waals surface area (Å²) in [6.45, 7) is 2.47. The second kappa shape index (κ2) is 7.07. The smallest absolute Gasteiger partial charge is 0.266 e. The Morgan fingerprint density at radius 2 is 2.04 bits per heavy atom. The van der Waals surface area contributed by atoms with E-state index in [9.17, 15) is 4.79 Å². The minimum absolute atomic E-state index is 0.181. The summed E-state index contributed by atoms with van der Waals surface area (Å²) < 4.78 is 5.85. The van der Waals surface area contributed by atoms with Gasteiger partial charge in [-0.1, -0.05) is 30.3 Å². The van der Waals surface area contributed by atoms with Gasteiger partial charge in [0.2, 0.25) is 0 Å². The number of pyridine rings is 1. The van der Waals surface area contributed by atoms with E-state index in [1.165, 1.54) is 16.9 Å². The summed E-state index contributed by atoms with van der Waals surface area (Å²) in [4.78, 5) is 17.0. The molecular weight excluding hydrogens is 308 g/mol. The van der Waals surface area contributed by atoms with Gasteiger partial charge in [0.1, 0.15) is 6.61 Å². The van der Waals surface area contributed by atoms with Gasteiger partial charge in [-0.3, -0.25) is 4.79 Å². The maximum Gasteiger partial charge on any atom is 0.266 e. The van der Waals surface area contributed by atoms with Crippen LogP contribution in [0.2, 0.25) is 0 Å². The Balaban J connectivity index is 1.73. The molecule has 0 bridgehead atoms. The van der Waals surface area contributed by atoms with Crippen LogP contribution in [-0.2, 0) is 6.61 Å². The van der Waals surface area contributed by atoms with Gasteiger partial charge < -0.3 is 10.1 Å². The quantitative estimate of drug-likeness (QED) is 0.762. The lowest BCUT2D eigenvalue weighted by atomic mass is 10.1. The molecule has 5 heteroatoms. The van der Waals surface area contributed by atoms with Gasteiger partial charge in [0.05, 0.1) is 4.88 Å². The van der Waals surface area contributed by atoms with Gasteiger partial charge in [-0.25, -0.2) is 4.98 Å². The molecule has 1 N–H and O–H groups in total. The summed E-state index contributed by atoms with van der Waals surface area (Å²) in [5.41, 5.74) is 2.27. The number of anilines is 1. The fourth-order valence-corrected chi connectivity index (χ4v) is 2.72. The lowest BCUT2D eigenvalue weighted by molar-refractivity contribution is 0.102. The molecule has 1 aromatic carbocycles. The molecule has 3 aromatic rings. The molecule has 116 valence electrons. The van der Waals surface area contributed by atoms with Crippen LogP contribution in [0.4, 0.5) is 5.82 Å². The molecule has 0 aliphatic heterocycles. The average molecular weight is 324 g/mol. The predicted octanol–water partition coefficient (Wildman–Crippen LogP) is 4.28. The van der Waals surface area contributed by atoms with Crippen molar-refractivity contribution in [3.8, 4) is 5.75 Å². The highest BCUT2D eigenvalue weighted by atomic mass is 32.1. The molecule has 0 aliphatic carbocycles. The molecule has 0 spiro atoms. The number of benzene rings is 1. The molecule has 0 unspecified atom stereocenters. The number of hydrogen-bond donors (Lipinski definition) is 1. The highest BCUT2D eigenvalue weighted by molar-refractivity contribution is 7.12. The minimum Gasteiger partial charge on any atom is -0.485 e. The van der Waals surface area contributed by atoms with Crippen molar-refractivity contribution in [1.82, 2.24) is 4.98 Å². The molecule has 0 atom stereocenters. The van der Waals surface area contributed by atoms with Crippen LogP contribution in [0.25, 0.3) is 0 Å². The summed E-state index contributed by atoms with van der Waals surface area (Å²) in [5.74, 6) is 0.805. The van der Waals surface area contributed by atoms with Gasteiger partial charge in [-0.05, 0) is 41.6 Å². The van der Waals surface area contributed by atoms with Crippen molar-refractivity contribution in [2.45, 2.75) is 13.5 Å². The third kappa shape index (κ3) is 3.76. The first-order valence-electron chi connectivity index (χ1n) is 7.21. The SMILES string of the molecule is Cc1ccccc1COc1cccnc1NC(=O)c1cccs1. The van der Waals surface area contributed by atoms with E-state index < -0.39 is 0 Å². The van der Waals surface area contributed by atoms with Crippen LogP contribution < -0.4 is 10.1 Å². The summed E-state index contributed by atoms with van der Waals surface area (Å²) in [6, 6.07) is 15.2. The summed E-state index contributed by atoms with van der Waals surface area (Å²) in [7, 11) is 0. The number of carbonyl (C=O) groups is 1. The standard InChI is InChI=1S/C18H16N2O2S/c1-13-6-2-3-7-14(13)12-22-15-8-4-10-19-17(15)20-18(21)16-9-5-11-23-16/h2-11H,12H2,1H3,(H,19,20,21). The van der Waals surface area contributed by atoms with Crippen molar-refractivity contribution < 1.29 is 9.53 Å². The fourth-order valence-electron chi connectivity index (χ4n) is 2.11. The second-order valence-corrected chi connectivity index (χ2v) is 5.94. The number of thiophene rings is 1. The average Bonchev–Trinajstić information content (AvgIpc) is 3.10. The molecule has 4 nitrogen and oxygen atoms in total. The Bertz CT molecular complexity index is 800. The zero-order valence-electron chi connectivity index (χ0n) is 12.7. The van der Waals surface area contributed by atoms with Gasteiger partial charge >= 0.3 is 0 Å². The molecule has 3 rings (SSSR count). The van der Waals surface area contributed by atoms with Crippen molar-refractivity contribution >= 4 is 23.1 Å². The molecule has 1 amide bonds. The monoisotopic (exact) mass is 324 g/mol. The number of carbonyl (C=O) groups excluding carboxylic acids is 1. The van der Waals surface area contributed by atoms with Gasteiger partial charge in [0, 0.05) is 6.20 Å². The maximum atomic E-state index is 12.2. The Kier molecular flexibility index (Phi) is 4.68. The van der Waals surface area contributed by atoms with Gasteiger partial charge in [-0.15, -0.1) is 11.3 Å². The summed E-state index contributed by atoms with van der Waals surface area (Å²) in [5, 5.41) is 4.66. The molecule has 0 radical (unpaired) electrons. The lowest BCUT2D eigenvalue weighted by Crippen LogP contribution is -2.12.